The monoisotopic (exact) mass is 356 g/mol. The number of hydrogen-bond donors (Lipinski definition) is 4. The average Bonchev–Trinajstić information content (AvgIpc) is 2.47. The molecule has 0 saturated heterocycles. The molecule has 4 N–H and O–H groups in total. The van der Waals surface area contributed by atoms with Crippen LogP contribution in [0.25, 0.3) is 0 Å². The Kier molecular flexibility index (Phi) is 7.78. The van der Waals surface area contributed by atoms with Gasteiger partial charge in [-0.15, -0.1) is 0 Å². The van der Waals surface area contributed by atoms with Crippen molar-refractivity contribution in [2.75, 3.05) is 25.5 Å². The molecule has 0 aromatic heterocycles. The fourth-order valence-electron chi connectivity index (χ4n) is 1.46. The van der Waals surface area contributed by atoms with Gasteiger partial charge in [0.15, 0.2) is 0 Å². The molecule has 0 radical (unpaired) electrons. The van der Waals surface area contributed by atoms with Crippen molar-refractivity contribution < 1.29 is 9.59 Å². The summed E-state index contributed by atoms with van der Waals surface area (Å²) in [6, 6.07) is 7.15. The summed E-state index contributed by atoms with van der Waals surface area (Å²) in [4.78, 5) is 23.1. The van der Waals surface area contributed by atoms with E-state index in [0.717, 1.165) is 4.47 Å². The Morgan fingerprint density at radius 2 is 1.86 bits per heavy atom. The largest absolute Gasteiger partial charge is 0.354 e. The van der Waals surface area contributed by atoms with Crippen LogP contribution in [-0.4, -0.2) is 38.1 Å². The van der Waals surface area contributed by atoms with Crippen LogP contribution in [0.2, 0.25) is 0 Å². The van der Waals surface area contributed by atoms with E-state index in [1.807, 2.05) is 26.1 Å². The molecule has 0 spiro atoms. The van der Waals surface area contributed by atoms with Gasteiger partial charge in [-0.2, -0.15) is 0 Å². The van der Waals surface area contributed by atoms with Crippen LogP contribution in [0.1, 0.15) is 13.3 Å². The lowest BCUT2D eigenvalue weighted by Gasteiger charge is -2.11. The van der Waals surface area contributed by atoms with E-state index in [-0.39, 0.29) is 24.4 Å². The van der Waals surface area contributed by atoms with E-state index in [1.54, 1.807) is 12.1 Å². The lowest BCUT2D eigenvalue weighted by atomic mass is 10.3. The molecular formula is C14H21BrN4O2. The Labute approximate surface area is 133 Å². The highest BCUT2D eigenvalue weighted by Crippen LogP contribution is 2.13. The van der Waals surface area contributed by atoms with Crippen molar-refractivity contribution in [1.82, 2.24) is 16.0 Å². The summed E-state index contributed by atoms with van der Waals surface area (Å²) in [5.41, 5.74) is 0.697. The third-order valence-corrected chi connectivity index (χ3v) is 3.37. The number of hydrogen-bond acceptors (Lipinski definition) is 3. The average molecular weight is 357 g/mol. The maximum atomic E-state index is 11.6. The van der Waals surface area contributed by atoms with E-state index in [0.29, 0.717) is 18.8 Å². The van der Waals surface area contributed by atoms with E-state index < -0.39 is 0 Å². The van der Waals surface area contributed by atoms with Crippen molar-refractivity contribution in [1.29, 1.82) is 0 Å². The summed E-state index contributed by atoms with van der Waals surface area (Å²) < 4.78 is 0.945. The zero-order valence-electron chi connectivity index (χ0n) is 12.2. The van der Waals surface area contributed by atoms with Gasteiger partial charge < -0.3 is 21.3 Å². The minimum Gasteiger partial charge on any atom is -0.354 e. The number of urea groups is 1. The lowest BCUT2D eigenvalue weighted by Crippen LogP contribution is -2.39. The van der Waals surface area contributed by atoms with Crippen LogP contribution in [0.3, 0.4) is 0 Å². The number of carbonyl (C=O) groups excluding carboxylic acids is 2. The van der Waals surface area contributed by atoms with E-state index in [2.05, 4.69) is 37.2 Å². The number of halogens is 1. The second-order valence-corrected chi connectivity index (χ2v) is 5.55. The Morgan fingerprint density at radius 1 is 1.19 bits per heavy atom. The first kappa shape index (κ1) is 17.5. The molecule has 21 heavy (non-hydrogen) atoms. The van der Waals surface area contributed by atoms with Gasteiger partial charge in [-0.05, 0) is 38.2 Å². The van der Waals surface area contributed by atoms with E-state index >= 15 is 0 Å². The van der Waals surface area contributed by atoms with Crippen LogP contribution in [0.5, 0.6) is 0 Å². The molecule has 0 heterocycles. The van der Waals surface area contributed by atoms with Crippen molar-refractivity contribution in [3.63, 3.8) is 0 Å². The molecule has 0 saturated carbocycles. The number of benzene rings is 1. The second kappa shape index (κ2) is 9.36. The van der Waals surface area contributed by atoms with Gasteiger partial charge in [-0.25, -0.2) is 4.79 Å². The van der Waals surface area contributed by atoms with Crippen molar-refractivity contribution in [2.45, 2.75) is 19.4 Å². The Bertz CT molecular complexity index is 465. The molecule has 1 aromatic carbocycles. The van der Waals surface area contributed by atoms with Gasteiger partial charge in [0.25, 0.3) is 0 Å². The molecule has 0 aliphatic carbocycles. The fourth-order valence-corrected chi connectivity index (χ4v) is 1.72. The molecule has 6 nitrogen and oxygen atoms in total. The molecule has 1 aromatic rings. The van der Waals surface area contributed by atoms with Crippen LogP contribution in [0.15, 0.2) is 28.7 Å². The second-order valence-electron chi connectivity index (χ2n) is 4.63. The van der Waals surface area contributed by atoms with Gasteiger partial charge in [0.1, 0.15) is 0 Å². The number of amides is 3. The van der Waals surface area contributed by atoms with Crippen LogP contribution < -0.4 is 21.3 Å². The van der Waals surface area contributed by atoms with Crippen LogP contribution >= 0.6 is 15.9 Å². The summed E-state index contributed by atoms with van der Waals surface area (Å²) in [5, 5.41) is 11.1. The SMILES string of the molecule is CNC(C)CNC(=O)CCNC(=O)Nc1ccc(Br)cc1. The highest BCUT2D eigenvalue weighted by molar-refractivity contribution is 9.10. The third-order valence-electron chi connectivity index (χ3n) is 2.84. The first-order valence-electron chi connectivity index (χ1n) is 6.75. The Morgan fingerprint density at radius 3 is 2.48 bits per heavy atom. The molecule has 7 heteroatoms. The van der Waals surface area contributed by atoms with Crippen molar-refractivity contribution in [3.8, 4) is 0 Å². The topological polar surface area (TPSA) is 82.3 Å². The number of likely N-dealkylation sites (N-methyl/N-ethyl adjacent to an activating group) is 1. The summed E-state index contributed by atoms with van der Waals surface area (Å²) >= 11 is 3.32. The fraction of sp³-hybridized carbons (Fsp3) is 0.429. The Hall–Kier alpha value is -1.60. The molecule has 0 aliphatic heterocycles. The lowest BCUT2D eigenvalue weighted by molar-refractivity contribution is -0.121. The Balaban J connectivity index is 2.18. The summed E-state index contributed by atoms with van der Waals surface area (Å²) in [6.45, 7) is 2.84. The summed E-state index contributed by atoms with van der Waals surface area (Å²) in [6.07, 6.45) is 0.254. The standard InChI is InChI=1S/C14H21BrN4O2/c1-10(16-2)9-18-13(20)7-8-17-14(21)19-12-5-3-11(15)4-6-12/h3-6,10,16H,7-9H2,1-2H3,(H,18,20)(H2,17,19,21). The van der Waals surface area contributed by atoms with Crippen molar-refractivity contribution >= 4 is 33.6 Å². The molecule has 1 unspecified atom stereocenters. The van der Waals surface area contributed by atoms with Crippen LogP contribution in [-0.2, 0) is 4.79 Å². The number of anilines is 1. The summed E-state index contributed by atoms with van der Waals surface area (Å²) in [5.74, 6) is -0.0824. The first-order valence-corrected chi connectivity index (χ1v) is 7.55. The van der Waals surface area contributed by atoms with Gasteiger partial charge in [-0.1, -0.05) is 15.9 Å². The van der Waals surface area contributed by atoms with Crippen LogP contribution in [0, 0.1) is 0 Å². The van der Waals surface area contributed by atoms with Crippen LogP contribution in [0.4, 0.5) is 10.5 Å². The number of rotatable bonds is 7. The van der Waals surface area contributed by atoms with Gasteiger partial charge in [0, 0.05) is 35.7 Å². The van der Waals surface area contributed by atoms with Gasteiger partial charge in [0.2, 0.25) is 5.91 Å². The zero-order chi connectivity index (χ0) is 15.7. The molecule has 0 bridgehead atoms. The first-order chi connectivity index (χ1) is 10.0. The third kappa shape index (κ3) is 7.67. The highest BCUT2D eigenvalue weighted by Gasteiger charge is 2.05. The smallest absolute Gasteiger partial charge is 0.319 e. The van der Waals surface area contributed by atoms with Gasteiger partial charge >= 0.3 is 6.03 Å². The quantitative estimate of drug-likeness (QED) is 0.599. The van der Waals surface area contributed by atoms with E-state index in [1.165, 1.54) is 0 Å². The van der Waals surface area contributed by atoms with E-state index in [4.69, 9.17) is 0 Å². The molecule has 0 fully saturated rings. The van der Waals surface area contributed by atoms with Crippen molar-refractivity contribution in [3.05, 3.63) is 28.7 Å². The highest BCUT2D eigenvalue weighted by atomic mass is 79.9. The molecule has 1 atom stereocenters. The van der Waals surface area contributed by atoms with Crippen molar-refractivity contribution in [2.24, 2.45) is 0 Å². The normalized spacial score (nSPS) is 11.6. The predicted octanol–water partition coefficient (Wildman–Crippen LogP) is 1.68. The predicted molar refractivity (Wildman–Crippen MR) is 87.3 cm³/mol. The maximum Gasteiger partial charge on any atom is 0.319 e. The molecule has 3 amide bonds. The molecule has 1 rings (SSSR count). The summed E-state index contributed by atoms with van der Waals surface area (Å²) in [7, 11) is 1.84. The van der Waals surface area contributed by atoms with E-state index in [9.17, 15) is 9.59 Å². The minimum atomic E-state index is -0.325. The number of carbonyl (C=O) groups is 2. The van der Waals surface area contributed by atoms with Gasteiger partial charge in [-0.3, -0.25) is 4.79 Å². The molecule has 0 aliphatic rings. The minimum absolute atomic E-state index is 0.0824. The number of nitrogens with one attached hydrogen (secondary N) is 4. The maximum absolute atomic E-state index is 11.6. The zero-order valence-corrected chi connectivity index (χ0v) is 13.8. The van der Waals surface area contributed by atoms with Gasteiger partial charge in [0.05, 0.1) is 0 Å². The molecule has 116 valence electrons. The molecular weight excluding hydrogens is 336 g/mol.